The van der Waals surface area contributed by atoms with Crippen LogP contribution in [-0.2, 0) is 4.74 Å². The maximum absolute atomic E-state index is 5.49. The zero-order valence-electron chi connectivity index (χ0n) is 10.3. The first-order chi connectivity index (χ1) is 7.92. The molecule has 3 rings (SSSR count). The summed E-state index contributed by atoms with van der Waals surface area (Å²) in [5.74, 6) is 3.25. The van der Waals surface area contributed by atoms with Crippen molar-refractivity contribution in [3.63, 3.8) is 0 Å². The molecule has 16 heavy (non-hydrogen) atoms. The molecule has 0 aromatic carbocycles. The predicted molar refractivity (Wildman–Crippen MR) is 65.4 cm³/mol. The van der Waals surface area contributed by atoms with E-state index in [4.69, 9.17) is 4.74 Å². The molecular formula is C14H25NO. The van der Waals surface area contributed by atoms with Gasteiger partial charge in [-0.25, -0.2) is 0 Å². The topological polar surface area (TPSA) is 21.3 Å². The molecule has 0 radical (unpaired) electrons. The van der Waals surface area contributed by atoms with E-state index >= 15 is 0 Å². The Bertz CT molecular complexity index is 225. The molecule has 2 aliphatic carbocycles. The molecule has 3 fully saturated rings. The molecule has 0 spiro atoms. The number of ether oxygens (including phenoxy) is 1. The van der Waals surface area contributed by atoms with Gasteiger partial charge in [0.15, 0.2) is 0 Å². The van der Waals surface area contributed by atoms with Crippen LogP contribution in [0.2, 0.25) is 0 Å². The zero-order chi connectivity index (χ0) is 10.8. The minimum atomic E-state index is 0.646. The third-order valence-electron chi connectivity index (χ3n) is 4.99. The summed E-state index contributed by atoms with van der Waals surface area (Å²) >= 11 is 0. The van der Waals surface area contributed by atoms with Gasteiger partial charge in [0, 0.05) is 12.6 Å². The van der Waals surface area contributed by atoms with Crippen LogP contribution < -0.4 is 5.32 Å². The SMILES string of the molecule is C1COCC(NCCC2CC3CCC2C3)C1. The van der Waals surface area contributed by atoms with Gasteiger partial charge in [-0.05, 0) is 62.8 Å². The van der Waals surface area contributed by atoms with Gasteiger partial charge >= 0.3 is 0 Å². The minimum Gasteiger partial charge on any atom is -0.380 e. The van der Waals surface area contributed by atoms with E-state index in [1.54, 1.807) is 6.42 Å². The molecule has 2 bridgehead atoms. The van der Waals surface area contributed by atoms with Crippen LogP contribution in [-0.4, -0.2) is 25.8 Å². The van der Waals surface area contributed by atoms with Gasteiger partial charge in [0.25, 0.3) is 0 Å². The Labute approximate surface area is 99.1 Å². The predicted octanol–water partition coefficient (Wildman–Crippen LogP) is 2.58. The second-order valence-corrected chi connectivity index (χ2v) is 6.09. The molecule has 92 valence electrons. The van der Waals surface area contributed by atoms with Gasteiger partial charge in [0.2, 0.25) is 0 Å². The third-order valence-corrected chi connectivity index (χ3v) is 4.99. The number of fused-ring (bicyclic) bond motifs is 2. The molecule has 2 saturated carbocycles. The summed E-state index contributed by atoms with van der Waals surface area (Å²) in [7, 11) is 0. The van der Waals surface area contributed by atoms with Gasteiger partial charge in [-0.1, -0.05) is 6.42 Å². The highest BCUT2D eigenvalue weighted by molar-refractivity contribution is 4.90. The molecule has 4 unspecified atom stereocenters. The van der Waals surface area contributed by atoms with Crippen LogP contribution in [0.4, 0.5) is 0 Å². The highest BCUT2D eigenvalue weighted by Crippen LogP contribution is 2.49. The lowest BCUT2D eigenvalue weighted by molar-refractivity contribution is 0.0697. The largest absolute Gasteiger partial charge is 0.380 e. The molecule has 2 heteroatoms. The monoisotopic (exact) mass is 223 g/mol. The summed E-state index contributed by atoms with van der Waals surface area (Å²) in [5.41, 5.74) is 0. The molecule has 4 atom stereocenters. The fraction of sp³-hybridized carbons (Fsp3) is 1.00. The summed E-state index contributed by atoms with van der Waals surface area (Å²) in [6, 6.07) is 0.646. The van der Waals surface area contributed by atoms with Crippen LogP contribution in [0.3, 0.4) is 0 Å². The van der Waals surface area contributed by atoms with E-state index in [9.17, 15) is 0 Å². The van der Waals surface area contributed by atoms with E-state index in [2.05, 4.69) is 5.32 Å². The van der Waals surface area contributed by atoms with E-state index in [1.807, 2.05) is 0 Å². The molecule has 1 aliphatic heterocycles. The molecule has 1 saturated heterocycles. The number of rotatable bonds is 4. The van der Waals surface area contributed by atoms with E-state index in [-0.39, 0.29) is 0 Å². The quantitative estimate of drug-likeness (QED) is 0.791. The Balaban J connectivity index is 1.34. The fourth-order valence-corrected chi connectivity index (χ4v) is 4.10. The number of hydrogen-bond acceptors (Lipinski definition) is 2. The molecular weight excluding hydrogens is 198 g/mol. The van der Waals surface area contributed by atoms with E-state index in [0.717, 1.165) is 31.0 Å². The lowest BCUT2D eigenvalue weighted by atomic mass is 9.86. The summed E-state index contributed by atoms with van der Waals surface area (Å²) in [6.45, 7) is 3.14. The maximum atomic E-state index is 5.49. The first-order valence-corrected chi connectivity index (χ1v) is 7.23. The Hall–Kier alpha value is -0.0800. The summed E-state index contributed by atoms with van der Waals surface area (Å²) in [6.07, 6.45) is 10.1. The Morgan fingerprint density at radius 3 is 2.81 bits per heavy atom. The summed E-state index contributed by atoms with van der Waals surface area (Å²) in [4.78, 5) is 0. The molecule has 0 aromatic heterocycles. The van der Waals surface area contributed by atoms with Crippen molar-refractivity contribution in [3.8, 4) is 0 Å². The van der Waals surface area contributed by atoms with E-state index in [1.165, 1.54) is 45.1 Å². The standard InChI is InChI=1S/C14H25NO/c1-2-14(10-16-7-1)15-6-5-13-9-11-3-4-12(13)8-11/h11-15H,1-10H2. The average Bonchev–Trinajstić information content (AvgIpc) is 2.92. The lowest BCUT2D eigenvalue weighted by Crippen LogP contribution is -2.38. The number of nitrogens with one attached hydrogen (secondary N) is 1. The third kappa shape index (κ3) is 2.43. The van der Waals surface area contributed by atoms with Gasteiger partial charge in [-0.2, -0.15) is 0 Å². The molecule has 0 aromatic rings. The van der Waals surface area contributed by atoms with Crippen LogP contribution in [0.25, 0.3) is 0 Å². The molecule has 1 N–H and O–H groups in total. The summed E-state index contributed by atoms with van der Waals surface area (Å²) in [5, 5.41) is 3.68. The van der Waals surface area contributed by atoms with Crippen molar-refractivity contribution in [3.05, 3.63) is 0 Å². The van der Waals surface area contributed by atoms with Crippen molar-refractivity contribution in [2.75, 3.05) is 19.8 Å². The zero-order valence-corrected chi connectivity index (χ0v) is 10.3. The van der Waals surface area contributed by atoms with Gasteiger partial charge in [-0.3, -0.25) is 0 Å². The van der Waals surface area contributed by atoms with Crippen molar-refractivity contribution in [2.45, 2.75) is 51.0 Å². The van der Waals surface area contributed by atoms with Crippen molar-refractivity contribution >= 4 is 0 Å². The second-order valence-electron chi connectivity index (χ2n) is 6.09. The lowest BCUT2D eigenvalue weighted by Gasteiger charge is -2.26. The Kier molecular flexibility index (Phi) is 3.49. The van der Waals surface area contributed by atoms with Gasteiger partial charge in [-0.15, -0.1) is 0 Å². The Morgan fingerprint density at radius 1 is 1.12 bits per heavy atom. The smallest absolute Gasteiger partial charge is 0.0619 e. The van der Waals surface area contributed by atoms with Crippen LogP contribution >= 0.6 is 0 Å². The van der Waals surface area contributed by atoms with Crippen molar-refractivity contribution in [2.24, 2.45) is 17.8 Å². The van der Waals surface area contributed by atoms with Crippen LogP contribution in [0.5, 0.6) is 0 Å². The first-order valence-electron chi connectivity index (χ1n) is 7.23. The van der Waals surface area contributed by atoms with Gasteiger partial charge in [0.05, 0.1) is 6.61 Å². The highest BCUT2D eigenvalue weighted by atomic mass is 16.5. The number of hydrogen-bond donors (Lipinski definition) is 1. The maximum Gasteiger partial charge on any atom is 0.0619 e. The van der Waals surface area contributed by atoms with Gasteiger partial charge < -0.3 is 10.1 Å². The molecule has 1 heterocycles. The summed E-state index contributed by atoms with van der Waals surface area (Å²) < 4.78 is 5.49. The van der Waals surface area contributed by atoms with Crippen molar-refractivity contribution < 1.29 is 4.74 Å². The van der Waals surface area contributed by atoms with Crippen LogP contribution in [0, 0.1) is 17.8 Å². The normalized spacial score (nSPS) is 42.8. The second kappa shape index (κ2) is 5.05. The van der Waals surface area contributed by atoms with Crippen LogP contribution in [0.1, 0.15) is 44.9 Å². The molecule has 2 nitrogen and oxygen atoms in total. The highest BCUT2D eigenvalue weighted by Gasteiger charge is 2.38. The average molecular weight is 223 g/mol. The van der Waals surface area contributed by atoms with Crippen LogP contribution in [0.15, 0.2) is 0 Å². The molecule has 0 amide bonds. The van der Waals surface area contributed by atoms with Gasteiger partial charge in [0.1, 0.15) is 0 Å². The van der Waals surface area contributed by atoms with E-state index < -0.39 is 0 Å². The molecule has 3 aliphatic rings. The fourth-order valence-electron chi connectivity index (χ4n) is 4.10. The van der Waals surface area contributed by atoms with E-state index in [0.29, 0.717) is 6.04 Å². The van der Waals surface area contributed by atoms with Crippen molar-refractivity contribution in [1.29, 1.82) is 0 Å². The first kappa shape index (κ1) is 11.0. The van der Waals surface area contributed by atoms with Crippen molar-refractivity contribution in [1.82, 2.24) is 5.32 Å². The Morgan fingerprint density at radius 2 is 2.12 bits per heavy atom. The minimum absolute atomic E-state index is 0.646.